The number of hydrogen-bond acceptors (Lipinski definition) is 8. The minimum absolute atomic E-state index is 0.0823. The van der Waals surface area contributed by atoms with E-state index in [-0.39, 0.29) is 16.8 Å². The molecule has 0 saturated carbocycles. The zero-order chi connectivity index (χ0) is 26.5. The van der Waals surface area contributed by atoms with E-state index in [1.807, 2.05) is 6.07 Å². The van der Waals surface area contributed by atoms with Crippen molar-refractivity contribution in [3.05, 3.63) is 83.4 Å². The molecule has 1 aromatic heterocycles. The third-order valence-corrected chi connectivity index (χ3v) is 5.74. The number of aromatic nitrogens is 1. The lowest BCUT2D eigenvalue weighted by atomic mass is 10.0. The van der Waals surface area contributed by atoms with Crippen LogP contribution in [0.3, 0.4) is 0 Å². The summed E-state index contributed by atoms with van der Waals surface area (Å²) in [4.78, 5) is 42.8. The van der Waals surface area contributed by atoms with Crippen LogP contribution in [0.2, 0.25) is 0 Å². The number of para-hydroxylation sites is 1. The van der Waals surface area contributed by atoms with Crippen LogP contribution >= 0.6 is 0 Å². The predicted molar refractivity (Wildman–Crippen MR) is 137 cm³/mol. The first kappa shape index (κ1) is 25.2. The van der Waals surface area contributed by atoms with E-state index in [1.165, 1.54) is 39.5 Å². The molecule has 37 heavy (non-hydrogen) atoms. The van der Waals surface area contributed by atoms with Crippen LogP contribution < -0.4 is 14.8 Å². The lowest BCUT2D eigenvalue weighted by molar-refractivity contribution is 0.0587. The molecule has 0 aliphatic carbocycles. The summed E-state index contributed by atoms with van der Waals surface area (Å²) in [7, 11) is 5.57. The second-order valence-electron chi connectivity index (χ2n) is 7.84. The van der Waals surface area contributed by atoms with Gasteiger partial charge in [0.05, 0.1) is 62.0 Å². The van der Waals surface area contributed by atoms with E-state index in [0.717, 1.165) is 0 Å². The molecule has 1 heterocycles. The fourth-order valence-electron chi connectivity index (χ4n) is 3.88. The van der Waals surface area contributed by atoms with Gasteiger partial charge in [0, 0.05) is 17.0 Å². The number of benzene rings is 3. The van der Waals surface area contributed by atoms with Crippen molar-refractivity contribution < 1.29 is 33.3 Å². The van der Waals surface area contributed by atoms with Crippen molar-refractivity contribution in [2.45, 2.75) is 0 Å². The molecule has 0 unspecified atom stereocenters. The molecule has 0 atom stereocenters. The molecule has 0 fully saturated rings. The Balaban J connectivity index is 1.84. The summed E-state index contributed by atoms with van der Waals surface area (Å²) >= 11 is 0. The van der Waals surface area contributed by atoms with Gasteiger partial charge in [-0.05, 0) is 42.5 Å². The number of anilines is 1. The normalized spacial score (nSPS) is 10.5. The van der Waals surface area contributed by atoms with Gasteiger partial charge in [0.2, 0.25) is 0 Å². The smallest absolute Gasteiger partial charge is 0.339 e. The molecule has 0 bridgehead atoms. The Morgan fingerprint density at radius 3 is 2.22 bits per heavy atom. The highest BCUT2D eigenvalue weighted by atomic mass is 16.5. The number of esters is 2. The van der Waals surface area contributed by atoms with Crippen LogP contribution in [-0.4, -0.2) is 51.3 Å². The zero-order valence-electron chi connectivity index (χ0n) is 20.7. The van der Waals surface area contributed by atoms with Crippen molar-refractivity contribution in [1.29, 1.82) is 0 Å². The number of nitrogens with zero attached hydrogens (tertiary/aromatic N) is 1. The van der Waals surface area contributed by atoms with Crippen LogP contribution in [0.4, 0.5) is 5.69 Å². The van der Waals surface area contributed by atoms with E-state index in [0.29, 0.717) is 39.2 Å². The third kappa shape index (κ3) is 5.06. The summed E-state index contributed by atoms with van der Waals surface area (Å²) < 4.78 is 20.4. The first-order chi connectivity index (χ1) is 17.9. The molecule has 4 rings (SSSR count). The molecule has 3 aromatic carbocycles. The monoisotopic (exact) mass is 500 g/mol. The molecular weight excluding hydrogens is 476 g/mol. The average molecular weight is 501 g/mol. The fraction of sp³-hybridized carbons (Fsp3) is 0.143. The summed E-state index contributed by atoms with van der Waals surface area (Å²) in [6.45, 7) is 0. The quantitative estimate of drug-likeness (QED) is 0.362. The average Bonchev–Trinajstić information content (AvgIpc) is 2.95. The van der Waals surface area contributed by atoms with Gasteiger partial charge in [-0.15, -0.1) is 0 Å². The van der Waals surface area contributed by atoms with Gasteiger partial charge in [-0.3, -0.25) is 4.79 Å². The molecule has 9 heteroatoms. The van der Waals surface area contributed by atoms with Gasteiger partial charge >= 0.3 is 11.9 Å². The van der Waals surface area contributed by atoms with Crippen molar-refractivity contribution in [2.75, 3.05) is 33.8 Å². The van der Waals surface area contributed by atoms with Crippen LogP contribution in [-0.2, 0) is 9.47 Å². The third-order valence-electron chi connectivity index (χ3n) is 5.74. The molecule has 0 saturated heterocycles. The molecular formula is C28H24N2O7. The van der Waals surface area contributed by atoms with E-state index in [2.05, 4.69) is 5.32 Å². The number of hydrogen-bond donors (Lipinski definition) is 1. The highest BCUT2D eigenvalue weighted by molar-refractivity contribution is 6.15. The number of rotatable bonds is 7. The molecule has 0 aliphatic heterocycles. The van der Waals surface area contributed by atoms with Gasteiger partial charge in [-0.1, -0.05) is 18.2 Å². The maximum absolute atomic E-state index is 13.6. The Hall–Kier alpha value is -4.92. The number of carbonyl (C=O) groups is 3. The summed E-state index contributed by atoms with van der Waals surface area (Å²) in [6.07, 6.45) is 0. The molecule has 1 N–H and O–H groups in total. The van der Waals surface area contributed by atoms with Crippen LogP contribution in [0.25, 0.3) is 22.2 Å². The Kier molecular flexibility index (Phi) is 7.34. The lowest BCUT2D eigenvalue weighted by Crippen LogP contribution is -2.17. The zero-order valence-corrected chi connectivity index (χ0v) is 20.7. The maximum Gasteiger partial charge on any atom is 0.339 e. The van der Waals surface area contributed by atoms with Gasteiger partial charge in [0.25, 0.3) is 5.91 Å². The van der Waals surface area contributed by atoms with E-state index < -0.39 is 17.8 Å². The molecule has 1 amide bonds. The Morgan fingerprint density at radius 1 is 0.757 bits per heavy atom. The van der Waals surface area contributed by atoms with Gasteiger partial charge in [-0.2, -0.15) is 0 Å². The summed E-state index contributed by atoms with van der Waals surface area (Å²) in [5.41, 5.74) is 2.39. The Labute approximate surface area is 212 Å². The van der Waals surface area contributed by atoms with Crippen LogP contribution in [0.15, 0.2) is 66.7 Å². The number of nitrogens with one attached hydrogen (secondary N) is 1. The second kappa shape index (κ2) is 10.8. The highest BCUT2D eigenvalue weighted by Gasteiger charge is 2.21. The molecule has 4 aromatic rings. The Morgan fingerprint density at radius 2 is 1.51 bits per heavy atom. The van der Waals surface area contributed by atoms with E-state index in [4.69, 9.17) is 23.9 Å². The molecule has 0 spiro atoms. The van der Waals surface area contributed by atoms with E-state index in [9.17, 15) is 14.4 Å². The summed E-state index contributed by atoms with van der Waals surface area (Å²) in [6, 6.07) is 18.3. The molecule has 0 aliphatic rings. The number of fused-ring (bicyclic) bond motifs is 1. The van der Waals surface area contributed by atoms with E-state index >= 15 is 0 Å². The number of ether oxygens (including phenoxy) is 4. The van der Waals surface area contributed by atoms with Gasteiger partial charge < -0.3 is 24.3 Å². The Bertz CT molecular complexity index is 1510. The summed E-state index contributed by atoms with van der Waals surface area (Å²) in [5, 5.41) is 3.35. The standard InChI is InChI=1S/C28H24N2O7/c1-34-17-10-12-19(25(14-17)35-2)24-15-21(18-7-5-6-8-22(18)29-24)26(31)30-23-13-16(27(32)36-3)9-11-20(23)28(33)37-4/h5-15H,1-4H3,(H,30,31). The van der Waals surface area contributed by atoms with Crippen molar-refractivity contribution in [3.8, 4) is 22.8 Å². The fourth-order valence-corrected chi connectivity index (χ4v) is 3.88. The molecule has 188 valence electrons. The van der Waals surface area contributed by atoms with Crippen molar-refractivity contribution in [3.63, 3.8) is 0 Å². The molecule has 0 radical (unpaired) electrons. The van der Waals surface area contributed by atoms with Crippen molar-refractivity contribution >= 4 is 34.4 Å². The lowest BCUT2D eigenvalue weighted by Gasteiger charge is -2.15. The summed E-state index contributed by atoms with van der Waals surface area (Å²) in [5.74, 6) is -0.669. The second-order valence-corrected chi connectivity index (χ2v) is 7.84. The van der Waals surface area contributed by atoms with Gasteiger partial charge in [0.15, 0.2) is 0 Å². The van der Waals surface area contributed by atoms with Crippen LogP contribution in [0, 0.1) is 0 Å². The minimum atomic E-state index is -0.671. The number of methoxy groups -OCH3 is 4. The topological polar surface area (TPSA) is 113 Å². The van der Waals surface area contributed by atoms with Crippen molar-refractivity contribution in [1.82, 2.24) is 4.98 Å². The highest BCUT2D eigenvalue weighted by Crippen LogP contribution is 2.34. The van der Waals surface area contributed by atoms with Crippen LogP contribution in [0.5, 0.6) is 11.5 Å². The SMILES string of the molecule is COC(=O)c1ccc(C(=O)OC)c(NC(=O)c2cc(-c3ccc(OC)cc3OC)nc3ccccc23)c1. The first-order valence-corrected chi connectivity index (χ1v) is 11.1. The number of carbonyl (C=O) groups excluding carboxylic acids is 3. The first-order valence-electron chi connectivity index (χ1n) is 11.1. The number of amides is 1. The number of pyridine rings is 1. The largest absolute Gasteiger partial charge is 0.497 e. The van der Waals surface area contributed by atoms with Crippen molar-refractivity contribution in [2.24, 2.45) is 0 Å². The van der Waals surface area contributed by atoms with Gasteiger partial charge in [0.1, 0.15) is 11.5 Å². The van der Waals surface area contributed by atoms with E-state index in [1.54, 1.807) is 49.6 Å². The maximum atomic E-state index is 13.6. The van der Waals surface area contributed by atoms with Gasteiger partial charge in [-0.25, -0.2) is 14.6 Å². The van der Waals surface area contributed by atoms with Crippen LogP contribution in [0.1, 0.15) is 31.1 Å². The molecule has 9 nitrogen and oxygen atoms in total. The predicted octanol–water partition coefficient (Wildman–Crippen LogP) is 4.74. The minimum Gasteiger partial charge on any atom is -0.497 e.